The van der Waals surface area contributed by atoms with Crippen LogP contribution >= 0.6 is 11.3 Å². The number of fused-ring (bicyclic) bond motifs is 1. The summed E-state index contributed by atoms with van der Waals surface area (Å²) in [6.45, 7) is 2.42. The van der Waals surface area contributed by atoms with Gasteiger partial charge in [0.15, 0.2) is 0 Å². The number of hydrogen-bond donors (Lipinski definition) is 1. The summed E-state index contributed by atoms with van der Waals surface area (Å²) in [4.78, 5) is 26.9. The van der Waals surface area contributed by atoms with Crippen LogP contribution in [0.1, 0.15) is 52.0 Å². The van der Waals surface area contributed by atoms with Gasteiger partial charge in [-0.25, -0.2) is 13.2 Å². The molecule has 32 heavy (non-hydrogen) atoms. The van der Waals surface area contributed by atoms with Gasteiger partial charge in [-0.1, -0.05) is 17.7 Å². The van der Waals surface area contributed by atoms with Gasteiger partial charge in [-0.05, 0) is 63.1 Å². The molecule has 0 spiro atoms. The van der Waals surface area contributed by atoms with Crippen molar-refractivity contribution in [1.29, 1.82) is 0 Å². The van der Waals surface area contributed by atoms with Crippen LogP contribution in [0.3, 0.4) is 0 Å². The van der Waals surface area contributed by atoms with Crippen molar-refractivity contribution in [2.75, 3.05) is 25.5 Å². The summed E-state index contributed by atoms with van der Waals surface area (Å²) in [5.74, 6) is -1.17. The summed E-state index contributed by atoms with van der Waals surface area (Å²) >= 11 is 1.44. The lowest BCUT2D eigenvalue weighted by molar-refractivity contribution is -0.120. The molecule has 2 heterocycles. The first-order chi connectivity index (χ1) is 15.3. The van der Waals surface area contributed by atoms with Crippen LogP contribution in [-0.4, -0.2) is 44.8 Å². The minimum Gasteiger partial charge on any atom is -0.465 e. The molecule has 1 N–H and O–H groups in total. The van der Waals surface area contributed by atoms with E-state index in [2.05, 4.69) is 5.32 Å². The number of anilines is 1. The fraction of sp³-hybridized carbons (Fsp3) is 0.478. The lowest BCUT2D eigenvalue weighted by Gasteiger charge is -2.31. The van der Waals surface area contributed by atoms with E-state index in [4.69, 9.17) is 4.74 Å². The van der Waals surface area contributed by atoms with Crippen molar-refractivity contribution in [2.24, 2.45) is 5.92 Å². The quantitative estimate of drug-likeness (QED) is 0.664. The number of carbonyl (C=O) groups excluding carboxylic acids is 2. The van der Waals surface area contributed by atoms with Crippen LogP contribution in [0.5, 0.6) is 0 Å². The van der Waals surface area contributed by atoms with Gasteiger partial charge in [0.2, 0.25) is 15.9 Å². The Hall–Kier alpha value is -2.23. The van der Waals surface area contributed by atoms with Crippen LogP contribution in [0.2, 0.25) is 0 Å². The molecule has 1 aromatic carbocycles. The van der Waals surface area contributed by atoms with E-state index < -0.39 is 21.9 Å². The first-order valence-electron chi connectivity index (χ1n) is 10.9. The number of methoxy groups -OCH3 is 1. The Morgan fingerprint density at radius 3 is 2.56 bits per heavy atom. The van der Waals surface area contributed by atoms with Gasteiger partial charge in [0.05, 0.1) is 23.5 Å². The maximum Gasteiger partial charge on any atom is 0.341 e. The van der Waals surface area contributed by atoms with E-state index in [1.165, 1.54) is 22.8 Å². The van der Waals surface area contributed by atoms with Crippen molar-refractivity contribution in [3.05, 3.63) is 45.8 Å². The summed E-state index contributed by atoms with van der Waals surface area (Å²) in [6.07, 6.45) is 4.98. The monoisotopic (exact) mass is 476 g/mol. The first-order valence-corrected chi connectivity index (χ1v) is 13.2. The number of carbonyl (C=O) groups is 2. The number of ether oxygens (including phenoxy) is 1. The van der Waals surface area contributed by atoms with Gasteiger partial charge >= 0.3 is 5.97 Å². The number of hydrogen-bond acceptors (Lipinski definition) is 6. The fourth-order valence-corrected chi connectivity index (χ4v) is 7.22. The van der Waals surface area contributed by atoms with Gasteiger partial charge in [-0.3, -0.25) is 4.79 Å². The standard InChI is InChI=1S/C23H28N2O5S2/c1-15-9-11-17(12-10-15)32(28,29)25-13-5-6-16(14-25)21(26)24-22-20(23(27)30-2)18-7-3-4-8-19(18)31-22/h9-12,16H,3-8,13-14H2,1-2H3,(H,24,26)/t16-/m1/s1. The van der Waals surface area contributed by atoms with Crippen molar-refractivity contribution in [3.8, 4) is 0 Å². The van der Waals surface area contributed by atoms with E-state index in [0.717, 1.165) is 41.7 Å². The maximum atomic E-state index is 13.1. The predicted octanol–water partition coefficient (Wildman–Crippen LogP) is 3.76. The molecule has 1 aromatic heterocycles. The SMILES string of the molecule is COC(=O)c1c(NC(=O)[C@@H]2CCCN(S(=O)(=O)c3ccc(C)cc3)C2)sc2c1CCCC2. The Labute approximate surface area is 192 Å². The lowest BCUT2D eigenvalue weighted by Crippen LogP contribution is -2.43. The Kier molecular flexibility index (Phi) is 6.69. The Bertz CT molecular complexity index is 1120. The molecule has 4 rings (SSSR count). The second-order valence-corrected chi connectivity index (χ2v) is 11.5. The summed E-state index contributed by atoms with van der Waals surface area (Å²) in [5, 5.41) is 3.45. The van der Waals surface area contributed by atoms with Crippen LogP contribution in [0.15, 0.2) is 29.2 Å². The molecule has 0 unspecified atom stereocenters. The number of nitrogens with zero attached hydrogens (tertiary/aromatic N) is 1. The third-order valence-electron chi connectivity index (χ3n) is 6.21. The lowest BCUT2D eigenvalue weighted by atomic mass is 9.95. The van der Waals surface area contributed by atoms with E-state index in [0.29, 0.717) is 30.0 Å². The number of esters is 1. The van der Waals surface area contributed by atoms with E-state index in [9.17, 15) is 18.0 Å². The molecule has 0 saturated carbocycles. The summed E-state index contributed by atoms with van der Waals surface area (Å²) < 4.78 is 32.5. The molecular formula is C23H28N2O5S2. The molecular weight excluding hydrogens is 448 g/mol. The molecule has 1 atom stereocenters. The molecule has 1 amide bonds. The third-order valence-corrected chi connectivity index (χ3v) is 9.30. The molecule has 7 nitrogen and oxygen atoms in total. The average molecular weight is 477 g/mol. The average Bonchev–Trinajstić information content (AvgIpc) is 3.16. The predicted molar refractivity (Wildman–Crippen MR) is 124 cm³/mol. The van der Waals surface area contributed by atoms with Crippen LogP contribution in [0.25, 0.3) is 0 Å². The maximum absolute atomic E-state index is 13.1. The van der Waals surface area contributed by atoms with Gasteiger partial charge in [0, 0.05) is 18.0 Å². The number of rotatable bonds is 5. The van der Waals surface area contributed by atoms with Gasteiger partial charge in [0.25, 0.3) is 0 Å². The van der Waals surface area contributed by atoms with E-state index in [-0.39, 0.29) is 17.3 Å². The Morgan fingerprint density at radius 2 is 1.84 bits per heavy atom. The van der Waals surface area contributed by atoms with Crippen molar-refractivity contribution in [2.45, 2.75) is 50.3 Å². The Morgan fingerprint density at radius 1 is 1.12 bits per heavy atom. The topological polar surface area (TPSA) is 92.8 Å². The molecule has 172 valence electrons. The van der Waals surface area contributed by atoms with Gasteiger partial charge < -0.3 is 10.1 Å². The van der Waals surface area contributed by atoms with E-state index >= 15 is 0 Å². The molecule has 1 saturated heterocycles. The highest BCUT2D eigenvalue weighted by molar-refractivity contribution is 7.89. The fourth-order valence-electron chi connectivity index (χ4n) is 4.42. The van der Waals surface area contributed by atoms with Crippen LogP contribution in [-0.2, 0) is 32.4 Å². The molecule has 1 fully saturated rings. The van der Waals surface area contributed by atoms with Crippen molar-refractivity contribution in [3.63, 3.8) is 0 Å². The highest BCUT2D eigenvalue weighted by atomic mass is 32.2. The summed E-state index contributed by atoms with van der Waals surface area (Å²) in [6, 6.07) is 6.75. The number of aryl methyl sites for hydroxylation is 2. The van der Waals surface area contributed by atoms with Gasteiger partial charge in [-0.2, -0.15) is 4.31 Å². The zero-order valence-corrected chi connectivity index (χ0v) is 20.0. The number of piperidine rings is 1. The summed E-state index contributed by atoms with van der Waals surface area (Å²) in [5.41, 5.74) is 2.43. The minimum atomic E-state index is -3.66. The largest absolute Gasteiger partial charge is 0.465 e. The number of amides is 1. The molecule has 1 aliphatic heterocycles. The smallest absolute Gasteiger partial charge is 0.341 e. The molecule has 2 aliphatic rings. The van der Waals surface area contributed by atoms with Crippen molar-refractivity contribution < 1.29 is 22.7 Å². The van der Waals surface area contributed by atoms with Crippen LogP contribution in [0, 0.1) is 12.8 Å². The van der Waals surface area contributed by atoms with Gasteiger partial charge in [0.1, 0.15) is 5.00 Å². The second kappa shape index (κ2) is 9.33. The molecule has 1 aliphatic carbocycles. The van der Waals surface area contributed by atoms with Crippen LogP contribution in [0.4, 0.5) is 5.00 Å². The molecule has 0 bridgehead atoms. The number of thiophene rings is 1. The zero-order chi connectivity index (χ0) is 22.9. The highest BCUT2D eigenvalue weighted by Gasteiger charge is 2.34. The molecule has 0 radical (unpaired) electrons. The first kappa shape index (κ1) is 22.9. The van der Waals surface area contributed by atoms with Crippen molar-refractivity contribution in [1.82, 2.24) is 4.31 Å². The molecule has 2 aromatic rings. The van der Waals surface area contributed by atoms with Gasteiger partial charge in [-0.15, -0.1) is 11.3 Å². The van der Waals surface area contributed by atoms with Crippen LogP contribution < -0.4 is 5.32 Å². The van der Waals surface area contributed by atoms with E-state index in [1.54, 1.807) is 24.3 Å². The zero-order valence-electron chi connectivity index (χ0n) is 18.3. The van der Waals surface area contributed by atoms with Crippen molar-refractivity contribution >= 4 is 38.2 Å². The highest BCUT2D eigenvalue weighted by Crippen LogP contribution is 2.39. The normalized spacial score (nSPS) is 19.2. The number of benzene rings is 1. The molecule has 9 heteroatoms. The number of sulfonamides is 1. The summed E-state index contributed by atoms with van der Waals surface area (Å²) in [7, 11) is -2.32. The minimum absolute atomic E-state index is 0.126. The third kappa shape index (κ3) is 4.46. The van der Waals surface area contributed by atoms with E-state index in [1.807, 2.05) is 6.92 Å². The second-order valence-electron chi connectivity index (χ2n) is 8.41. The number of nitrogens with one attached hydrogen (secondary N) is 1. The Balaban J connectivity index is 1.53.